The fraction of sp³-hybridized carbons (Fsp3) is 0.607. The van der Waals surface area contributed by atoms with E-state index in [1.165, 1.54) is 47.4 Å². The minimum Gasteiger partial charge on any atom is -0.508 e. The van der Waals surface area contributed by atoms with Crippen LogP contribution < -0.4 is 59.3 Å². The van der Waals surface area contributed by atoms with Gasteiger partial charge in [0, 0.05) is 29.3 Å². The number of nitrogens with two attached hydrogens (primary N) is 2. The van der Waals surface area contributed by atoms with E-state index in [1.807, 2.05) is 50.0 Å². The molecule has 12 atom stereocenters. The van der Waals surface area contributed by atoms with Crippen LogP contribution in [0.5, 0.6) is 5.75 Å². The Bertz CT molecular complexity index is 2780. The second-order valence-electron chi connectivity index (χ2n) is 22.5. The van der Waals surface area contributed by atoms with Crippen LogP contribution in [0.2, 0.25) is 0 Å². The van der Waals surface area contributed by atoms with Crippen LogP contribution in [0.3, 0.4) is 0 Å². The average Bonchev–Trinajstić information content (AvgIpc) is 2.37. The highest BCUT2D eigenvalue weighted by Crippen LogP contribution is 2.21. The highest BCUT2D eigenvalue weighted by Gasteiger charge is 2.37. The van der Waals surface area contributed by atoms with Gasteiger partial charge in [0.25, 0.3) is 0 Å². The van der Waals surface area contributed by atoms with E-state index in [0.29, 0.717) is 54.1 Å². The Morgan fingerprint density at radius 3 is 1.46 bits per heavy atom. The van der Waals surface area contributed by atoms with Gasteiger partial charge in [-0.2, -0.15) is 47.9 Å². The molecule has 1 heterocycles. The summed E-state index contributed by atoms with van der Waals surface area (Å²) >= 11 is 8.70. The molecule has 1 aromatic heterocycles. The number of aliphatic carboxylic acids is 1. The summed E-state index contributed by atoms with van der Waals surface area (Å²) in [5, 5.41) is 45.1. The molecular weight excluding hydrogens is 1220 g/mol. The van der Waals surface area contributed by atoms with E-state index in [-0.39, 0.29) is 56.6 Å². The van der Waals surface area contributed by atoms with E-state index >= 15 is 0 Å². The zero-order chi connectivity index (χ0) is 66.3. The number of hydrogen-bond acceptors (Lipinski definition) is 17. The predicted octanol–water partition coefficient (Wildman–Crippen LogP) is 2.50. The molecule has 0 aliphatic carbocycles. The van der Waals surface area contributed by atoms with Crippen molar-refractivity contribution in [2.75, 3.05) is 48.3 Å². The summed E-state index contributed by atoms with van der Waals surface area (Å²) in [5.74, 6) is -7.98. The number of benzene rings is 2. The van der Waals surface area contributed by atoms with Gasteiger partial charge in [-0.25, -0.2) is 4.79 Å². The minimum absolute atomic E-state index is 0.0565. The number of aromatic nitrogens is 1. The largest absolute Gasteiger partial charge is 0.508 e. The average molecular weight is 1320 g/mol. The SMILES string of the molecule is CC[C@H](C)[C@H](NC(=O)[C@H](CCSC)NC(=O)[C@H](Cc1c[nH]c2ccccc12)NC(=O)[C@H](CS)NC(=O)[C@H](CCCCN)NC(=O)[C@@H](NC(=O)[C@H](CCSC)NC(=O)[C@@H](NC(=O)[C@H](CCSC)NC(=O)[C@@H](N)Cc1ccc(O)cc1)[C@@H](C)CC)C(C)C)C(=O)O. The Hall–Kier alpha value is -6.20. The van der Waals surface area contributed by atoms with Crippen molar-refractivity contribution in [1.29, 1.82) is 0 Å². The number of carbonyl (C=O) groups excluding carboxylic acids is 9. The van der Waals surface area contributed by atoms with Crippen molar-refractivity contribution < 1.29 is 58.2 Å². The first kappa shape index (κ1) is 77.0. The molecule has 0 saturated carbocycles. The van der Waals surface area contributed by atoms with E-state index in [2.05, 4.69) is 65.5 Å². The summed E-state index contributed by atoms with van der Waals surface area (Å²) < 4.78 is 0. The number of unbranched alkanes of at least 4 members (excludes halogenated alkanes) is 1. The summed E-state index contributed by atoms with van der Waals surface area (Å²) in [6.07, 6.45) is 9.50. The summed E-state index contributed by atoms with van der Waals surface area (Å²) in [4.78, 5) is 143. The number of fused-ring (bicyclic) bond motifs is 1. The number of H-pyrrole nitrogens is 1. The molecule has 28 heteroatoms. The van der Waals surface area contributed by atoms with Gasteiger partial charge >= 0.3 is 5.97 Å². The third kappa shape index (κ3) is 25.5. The van der Waals surface area contributed by atoms with Gasteiger partial charge in [0.05, 0.1) is 6.04 Å². The van der Waals surface area contributed by atoms with E-state index in [0.717, 1.165) is 10.9 Å². The molecule has 24 nitrogen and oxygen atoms in total. The molecule has 0 unspecified atom stereocenters. The van der Waals surface area contributed by atoms with Gasteiger partial charge in [-0.3, -0.25) is 43.2 Å². The van der Waals surface area contributed by atoms with Gasteiger partial charge < -0.3 is 74.5 Å². The smallest absolute Gasteiger partial charge is 0.326 e. The normalized spacial score (nSPS) is 15.4. The molecule has 496 valence electrons. The van der Waals surface area contributed by atoms with Gasteiger partial charge in [0.2, 0.25) is 53.2 Å². The summed E-state index contributed by atoms with van der Waals surface area (Å²) in [5.41, 5.74) is 14.2. The number of phenols is 1. The first-order valence-electron chi connectivity index (χ1n) is 30.2. The molecular formula is C61H96N12O12S4. The molecule has 0 fully saturated rings. The van der Waals surface area contributed by atoms with Crippen molar-refractivity contribution in [1.82, 2.24) is 52.8 Å². The van der Waals surface area contributed by atoms with Crippen LogP contribution >= 0.6 is 47.9 Å². The topological polar surface area (TPSA) is 387 Å². The molecule has 0 aliphatic heterocycles. The summed E-state index contributed by atoms with van der Waals surface area (Å²) in [6.45, 7) is 10.7. The highest BCUT2D eigenvalue weighted by molar-refractivity contribution is 7.99. The van der Waals surface area contributed by atoms with Gasteiger partial charge in [-0.05, 0) is 135 Å². The zero-order valence-electron chi connectivity index (χ0n) is 52.6. The molecule has 3 aromatic rings. The number of phenolic OH excluding ortho intramolecular Hbond substituents is 1. The molecule has 16 N–H and O–H groups in total. The van der Waals surface area contributed by atoms with Gasteiger partial charge in [-0.1, -0.05) is 84.7 Å². The van der Waals surface area contributed by atoms with Crippen LogP contribution in [-0.4, -0.2) is 183 Å². The van der Waals surface area contributed by atoms with Crippen molar-refractivity contribution in [3.05, 3.63) is 65.9 Å². The Labute approximate surface area is 541 Å². The lowest BCUT2D eigenvalue weighted by Crippen LogP contribution is -2.62. The van der Waals surface area contributed by atoms with Gasteiger partial charge in [0.15, 0.2) is 0 Å². The number of thiol groups is 1. The number of amides is 9. The Morgan fingerprint density at radius 1 is 0.528 bits per heavy atom. The first-order valence-corrected chi connectivity index (χ1v) is 35.0. The standard InChI is InChI=1S/C61H96N12O12S4/c1-10-35(5)50(72-55(78)44(23-27-87-7)65-52(75)41(63)30-37-19-21-39(74)22-20-37)60(83)68-46(25-29-89-9)54(77)71-49(34(3)4)59(82)67-43(18-14-15-26-62)53(76)70-48(33-86)58(81)69-47(31-38-32-64-42-17-13-12-16-40(38)42)57(80)66-45(24-28-88-8)56(79)73-51(61(84)85)36(6)11-2/h12-13,16-17,19-22,32,34-36,41,43-51,64,74,86H,10-11,14-15,18,23-31,33,62-63H2,1-9H3,(H,65,75)(H,66,80)(H,67,82)(H,68,83)(H,69,81)(H,70,76)(H,71,77)(H,72,78)(H,73,79)(H,84,85)/t35-,36-,41-,43-,44-,45-,46-,47-,48-,49-,50-,51-/m0/s1. The van der Waals surface area contributed by atoms with Crippen molar-refractivity contribution in [3.8, 4) is 5.75 Å². The van der Waals surface area contributed by atoms with Crippen molar-refractivity contribution in [2.24, 2.45) is 29.2 Å². The lowest BCUT2D eigenvalue weighted by molar-refractivity contribution is -0.144. The highest BCUT2D eigenvalue weighted by atomic mass is 32.2. The number of carbonyl (C=O) groups is 10. The van der Waals surface area contributed by atoms with Crippen LogP contribution in [0, 0.1) is 17.8 Å². The second-order valence-corrected chi connectivity index (χ2v) is 25.9. The number of nitrogens with one attached hydrogen (secondary N) is 10. The van der Waals surface area contributed by atoms with Crippen molar-refractivity contribution >= 4 is 118 Å². The molecule has 2 aromatic carbocycles. The van der Waals surface area contributed by atoms with E-state index in [4.69, 9.17) is 11.5 Å². The maximum absolute atomic E-state index is 14.4. The van der Waals surface area contributed by atoms with Gasteiger partial charge in [0.1, 0.15) is 60.1 Å². The van der Waals surface area contributed by atoms with Crippen LogP contribution in [0.15, 0.2) is 54.7 Å². The monoisotopic (exact) mass is 1320 g/mol. The fourth-order valence-electron chi connectivity index (χ4n) is 9.48. The maximum Gasteiger partial charge on any atom is 0.326 e. The van der Waals surface area contributed by atoms with E-state index < -0.39 is 137 Å². The van der Waals surface area contributed by atoms with Crippen molar-refractivity contribution in [2.45, 2.75) is 166 Å². The number of rotatable bonds is 42. The summed E-state index contributed by atoms with van der Waals surface area (Å²) in [7, 11) is 0. The minimum atomic E-state index is -1.38. The zero-order valence-corrected chi connectivity index (χ0v) is 56.0. The second kappa shape index (κ2) is 40.5. The Balaban J connectivity index is 1.87. The molecule has 0 saturated heterocycles. The van der Waals surface area contributed by atoms with Gasteiger partial charge in [-0.15, -0.1) is 0 Å². The molecule has 0 radical (unpaired) electrons. The molecule has 3 rings (SSSR count). The molecule has 0 bridgehead atoms. The number of hydrogen-bond donors (Lipinski definition) is 15. The van der Waals surface area contributed by atoms with Crippen LogP contribution in [0.4, 0.5) is 0 Å². The maximum atomic E-state index is 14.4. The predicted molar refractivity (Wildman–Crippen MR) is 356 cm³/mol. The lowest BCUT2D eigenvalue weighted by Gasteiger charge is -2.30. The number of carboxylic acid groups (broad SMARTS) is 1. The quantitative estimate of drug-likeness (QED) is 0.0286. The number of para-hydroxylation sites is 1. The van der Waals surface area contributed by atoms with E-state index in [9.17, 15) is 58.2 Å². The number of aromatic amines is 1. The third-order valence-electron chi connectivity index (χ3n) is 15.4. The lowest BCUT2D eigenvalue weighted by atomic mass is 9.96. The van der Waals surface area contributed by atoms with E-state index in [1.54, 1.807) is 52.9 Å². The summed E-state index contributed by atoms with van der Waals surface area (Å²) in [6, 6.07) is 1.43. The van der Waals surface area contributed by atoms with Crippen molar-refractivity contribution in [3.63, 3.8) is 0 Å². The molecule has 89 heavy (non-hydrogen) atoms. The number of thioether (sulfide) groups is 3. The molecule has 0 spiro atoms. The van der Waals surface area contributed by atoms with Crippen LogP contribution in [0.25, 0.3) is 10.9 Å². The van der Waals surface area contributed by atoms with Crippen LogP contribution in [-0.2, 0) is 60.8 Å². The number of aromatic hydroxyl groups is 1. The Morgan fingerprint density at radius 2 is 0.955 bits per heavy atom. The fourth-order valence-corrected chi connectivity index (χ4v) is 11.1. The van der Waals surface area contributed by atoms with Crippen LogP contribution in [0.1, 0.15) is 104 Å². The molecule has 9 amide bonds. The third-order valence-corrected chi connectivity index (χ3v) is 17.7. The first-order chi connectivity index (χ1) is 42.4. The number of carboxylic acids is 1. The Kier molecular flexibility index (Phi) is 35.1. The molecule has 0 aliphatic rings.